The molecule has 0 saturated carbocycles. The van der Waals surface area contributed by atoms with Crippen molar-refractivity contribution < 1.29 is 19.4 Å². The highest BCUT2D eigenvalue weighted by Gasteiger charge is 2.17. The molecule has 0 aliphatic heterocycles. The molecule has 1 aromatic rings. The topological polar surface area (TPSA) is 78.9 Å². The van der Waals surface area contributed by atoms with E-state index in [0.29, 0.717) is 31.9 Å². The zero-order valence-corrected chi connectivity index (χ0v) is 11.5. The van der Waals surface area contributed by atoms with Gasteiger partial charge in [-0.3, -0.25) is 9.69 Å². The van der Waals surface area contributed by atoms with Gasteiger partial charge in [-0.05, 0) is 25.5 Å². The summed E-state index contributed by atoms with van der Waals surface area (Å²) in [4.78, 5) is 24.1. The fraction of sp³-hybridized carbons (Fsp3) is 0.429. The number of para-hydroxylation sites is 1. The highest BCUT2D eigenvalue weighted by Crippen LogP contribution is 2.12. The van der Waals surface area contributed by atoms with Crippen LogP contribution in [0, 0.1) is 0 Å². The number of nitrogens with zero attached hydrogens (tertiary/aromatic N) is 1. The Morgan fingerprint density at radius 2 is 2.00 bits per heavy atom. The predicted molar refractivity (Wildman–Crippen MR) is 75.9 cm³/mol. The molecule has 0 aliphatic rings. The number of carboxylic acids is 1. The summed E-state index contributed by atoms with van der Waals surface area (Å²) in [6.07, 6.45) is 0.690. The van der Waals surface area contributed by atoms with Crippen LogP contribution in [0.15, 0.2) is 30.3 Å². The van der Waals surface area contributed by atoms with E-state index < -0.39 is 12.0 Å². The van der Waals surface area contributed by atoms with E-state index in [2.05, 4.69) is 5.32 Å². The van der Waals surface area contributed by atoms with Crippen molar-refractivity contribution in [1.82, 2.24) is 5.32 Å². The molecule has 6 heteroatoms. The minimum Gasteiger partial charge on any atom is -0.480 e. The number of carbonyl (C=O) groups is 2. The maximum absolute atomic E-state index is 12.0. The molecule has 0 fully saturated rings. The molecule has 2 amide bonds. The van der Waals surface area contributed by atoms with E-state index >= 15 is 0 Å². The second kappa shape index (κ2) is 8.92. The first-order valence-corrected chi connectivity index (χ1v) is 6.55. The third-order valence-electron chi connectivity index (χ3n) is 2.55. The van der Waals surface area contributed by atoms with Gasteiger partial charge in [0.05, 0.1) is 0 Å². The Labute approximate surface area is 118 Å². The Morgan fingerprint density at radius 3 is 2.60 bits per heavy atom. The van der Waals surface area contributed by atoms with Crippen LogP contribution < -0.4 is 10.2 Å². The average Bonchev–Trinajstić information content (AvgIpc) is 2.45. The number of amides is 2. The van der Waals surface area contributed by atoms with E-state index in [9.17, 15) is 9.59 Å². The molecule has 0 unspecified atom stereocenters. The van der Waals surface area contributed by atoms with Crippen molar-refractivity contribution in [2.24, 2.45) is 0 Å². The van der Waals surface area contributed by atoms with Crippen LogP contribution in [0.1, 0.15) is 13.3 Å². The highest BCUT2D eigenvalue weighted by molar-refractivity contribution is 5.96. The van der Waals surface area contributed by atoms with E-state index in [1.807, 2.05) is 13.0 Å². The molecule has 0 bridgehead atoms. The van der Waals surface area contributed by atoms with Gasteiger partial charge in [-0.25, -0.2) is 4.79 Å². The van der Waals surface area contributed by atoms with E-state index in [4.69, 9.17) is 9.84 Å². The molecule has 0 atom stereocenters. The molecule has 1 rings (SSSR count). The number of ether oxygens (including phenoxy) is 1. The molecule has 0 aliphatic carbocycles. The normalized spacial score (nSPS) is 10.1. The van der Waals surface area contributed by atoms with Crippen molar-refractivity contribution in [3.8, 4) is 0 Å². The number of hydrogen-bond donors (Lipinski definition) is 2. The smallest absolute Gasteiger partial charge is 0.323 e. The van der Waals surface area contributed by atoms with Crippen molar-refractivity contribution in [1.29, 1.82) is 0 Å². The van der Waals surface area contributed by atoms with E-state index in [1.165, 1.54) is 4.90 Å². The Morgan fingerprint density at radius 1 is 1.30 bits per heavy atom. The third kappa shape index (κ3) is 5.71. The van der Waals surface area contributed by atoms with Crippen LogP contribution in [0.5, 0.6) is 0 Å². The standard InChI is InChI=1S/C14H20N2O4/c1-2-20-10-6-9-15-14(19)16(11-13(17)18)12-7-4-3-5-8-12/h3-5,7-8H,2,6,9-11H2,1H3,(H,15,19)(H,17,18). The van der Waals surface area contributed by atoms with Gasteiger partial charge in [0.1, 0.15) is 6.54 Å². The summed E-state index contributed by atoms with van der Waals surface area (Å²) in [6.45, 7) is 3.19. The number of aliphatic carboxylic acids is 1. The molecule has 1 aromatic carbocycles. The van der Waals surface area contributed by atoms with Crippen molar-refractivity contribution in [3.05, 3.63) is 30.3 Å². The first-order valence-electron chi connectivity index (χ1n) is 6.55. The first kappa shape index (κ1) is 16.0. The minimum absolute atomic E-state index is 0.374. The molecule has 110 valence electrons. The molecule has 6 nitrogen and oxygen atoms in total. The number of benzene rings is 1. The molecule has 0 spiro atoms. The summed E-state index contributed by atoms with van der Waals surface area (Å²) in [7, 11) is 0. The van der Waals surface area contributed by atoms with Gasteiger partial charge in [-0.1, -0.05) is 18.2 Å². The molecular formula is C14H20N2O4. The van der Waals surface area contributed by atoms with E-state index in [0.717, 1.165) is 0 Å². The zero-order valence-electron chi connectivity index (χ0n) is 11.5. The summed E-state index contributed by atoms with van der Waals surface area (Å²) in [5.41, 5.74) is 0.553. The quantitative estimate of drug-likeness (QED) is 0.711. The number of hydrogen-bond acceptors (Lipinski definition) is 3. The summed E-state index contributed by atoms with van der Waals surface area (Å²) >= 11 is 0. The van der Waals surface area contributed by atoms with Gasteiger partial charge in [0, 0.05) is 25.4 Å². The average molecular weight is 280 g/mol. The second-order valence-corrected chi connectivity index (χ2v) is 4.10. The van der Waals surface area contributed by atoms with Crippen LogP contribution in [-0.4, -0.2) is 43.4 Å². The van der Waals surface area contributed by atoms with Crippen LogP contribution in [0.2, 0.25) is 0 Å². The van der Waals surface area contributed by atoms with Crippen LogP contribution in [0.25, 0.3) is 0 Å². The number of anilines is 1. The van der Waals surface area contributed by atoms with Gasteiger partial charge in [-0.2, -0.15) is 0 Å². The number of nitrogens with one attached hydrogen (secondary N) is 1. The maximum atomic E-state index is 12.0. The lowest BCUT2D eigenvalue weighted by Gasteiger charge is -2.21. The highest BCUT2D eigenvalue weighted by atomic mass is 16.5. The number of carboxylic acid groups (broad SMARTS) is 1. The lowest BCUT2D eigenvalue weighted by molar-refractivity contribution is -0.135. The summed E-state index contributed by atoms with van der Waals surface area (Å²) in [5.74, 6) is -1.06. The van der Waals surface area contributed by atoms with Crippen molar-refractivity contribution in [2.45, 2.75) is 13.3 Å². The van der Waals surface area contributed by atoms with Crippen molar-refractivity contribution in [2.75, 3.05) is 31.2 Å². The number of rotatable bonds is 8. The summed E-state index contributed by atoms with van der Waals surface area (Å²) < 4.78 is 5.17. The van der Waals surface area contributed by atoms with Crippen molar-refractivity contribution >= 4 is 17.7 Å². The van der Waals surface area contributed by atoms with E-state index in [-0.39, 0.29) is 6.54 Å². The first-order chi connectivity index (χ1) is 9.65. The fourth-order valence-electron chi connectivity index (χ4n) is 1.63. The molecule has 2 N–H and O–H groups in total. The molecule has 0 saturated heterocycles. The van der Waals surface area contributed by atoms with Gasteiger partial charge in [-0.15, -0.1) is 0 Å². The van der Waals surface area contributed by atoms with Gasteiger partial charge in [0.2, 0.25) is 0 Å². The molecule has 20 heavy (non-hydrogen) atoms. The molecular weight excluding hydrogens is 260 g/mol. The van der Waals surface area contributed by atoms with E-state index in [1.54, 1.807) is 24.3 Å². The van der Waals surface area contributed by atoms with Gasteiger partial charge in [0.15, 0.2) is 0 Å². The third-order valence-corrected chi connectivity index (χ3v) is 2.55. The molecule has 0 radical (unpaired) electrons. The minimum atomic E-state index is -1.06. The maximum Gasteiger partial charge on any atom is 0.323 e. The predicted octanol–water partition coefficient (Wildman–Crippen LogP) is 1.71. The Hall–Kier alpha value is -2.08. The monoisotopic (exact) mass is 280 g/mol. The zero-order chi connectivity index (χ0) is 14.8. The largest absolute Gasteiger partial charge is 0.480 e. The summed E-state index contributed by atoms with van der Waals surface area (Å²) in [5, 5.41) is 11.6. The number of urea groups is 1. The van der Waals surface area contributed by atoms with Crippen LogP contribution in [0.3, 0.4) is 0 Å². The molecule has 0 aromatic heterocycles. The SMILES string of the molecule is CCOCCCNC(=O)N(CC(=O)O)c1ccccc1. The Balaban J connectivity index is 2.55. The van der Waals surface area contributed by atoms with Gasteiger partial charge >= 0.3 is 12.0 Å². The van der Waals surface area contributed by atoms with Crippen LogP contribution in [-0.2, 0) is 9.53 Å². The lowest BCUT2D eigenvalue weighted by Crippen LogP contribution is -2.43. The molecule has 0 heterocycles. The van der Waals surface area contributed by atoms with Crippen molar-refractivity contribution in [3.63, 3.8) is 0 Å². The van der Waals surface area contributed by atoms with Crippen LogP contribution >= 0.6 is 0 Å². The number of carbonyl (C=O) groups excluding carboxylic acids is 1. The Kier molecular flexibility index (Phi) is 7.13. The van der Waals surface area contributed by atoms with Gasteiger partial charge in [0.25, 0.3) is 0 Å². The fourth-order valence-corrected chi connectivity index (χ4v) is 1.63. The lowest BCUT2D eigenvalue weighted by atomic mass is 10.3. The second-order valence-electron chi connectivity index (χ2n) is 4.10. The van der Waals surface area contributed by atoms with Crippen LogP contribution in [0.4, 0.5) is 10.5 Å². The Bertz CT molecular complexity index is 422. The summed E-state index contributed by atoms with van der Waals surface area (Å²) in [6, 6.07) is 8.29. The van der Waals surface area contributed by atoms with Gasteiger partial charge < -0.3 is 15.2 Å².